The third-order valence-corrected chi connectivity index (χ3v) is 4.39. The van der Waals surface area contributed by atoms with E-state index in [0.29, 0.717) is 31.5 Å². The molecule has 0 aliphatic carbocycles. The van der Waals surface area contributed by atoms with Crippen LogP contribution < -0.4 is 10.6 Å². The van der Waals surface area contributed by atoms with Gasteiger partial charge in [-0.2, -0.15) is 0 Å². The molecular formula is C21H30IN5O3. The molecule has 9 heteroatoms. The van der Waals surface area contributed by atoms with E-state index in [9.17, 15) is 4.79 Å². The Morgan fingerprint density at radius 3 is 2.57 bits per heavy atom. The molecule has 1 amide bonds. The van der Waals surface area contributed by atoms with Gasteiger partial charge in [-0.25, -0.2) is 9.78 Å². The van der Waals surface area contributed by atoms with Gasteiger partial charge in [0.1, 0.15) is 5.60 Å². The van der Waals surface area contributed by atoms with Crippen molar-refractivity contribution < 1.29 is 13.9 Å². The molecule has 30 heavy (non-hydrogen) atoms. The number of aryl methyl sites for hydroxylation is 1. The maximum atomic E-state index is 12.0. The minimum atomic E-state index is -0.485. The number of nitrogens with zero attached hydrogens (tertiary/aromatic N) is 3. The second-order valence-corrected chi connectivity index (χ2v) is 8.14. The van der Waals surface area contributed by atoms with E-state index >= 15 is 0 Å². The lowest BCUT2D eigenvalue weighted by Crippen LogP contribution is -2.63. The molecule has 8 nitrogen and oxygen atoms in total. The summed E-state index contributed by atoms with van der Waals surface area (Å²) < 4.78 is 11.2. The number of halogens is 1. The molecule has 0 spiro atoms. The van der Waals surface area contributed by atoms with Crippen LogP contribution in [0.25, 0.3) is 11.3 Å². The van der Waals surface area contributed by atoms with Crippen LogP contribution in [0.15, 0.2) is 39.9 Å². The van der Waals surface area contributed by atoms with Crippen molar-refractivity contribution in [2.24, 2.45) is 4.99 Å². The first-order valence-electron chi connectivity index (χ1n) is 9.70. The zero-order valence-corrected chi connectivity index (χ0v) is 20.4. The number of ether oxygens (including phenoxy) is 1. The number of nitrogens with one attached hydrogen (secondary N) is 2. The lowest BCUT2D eigenvalue weighted by atomic mass is 10.1. The third-order valence-electron chi connectivity index (χ3n) is 4.39. The Hall–Kier alpha value is -2.30. The molecule has 0 bridgehead atoms. The molecule has 164 valence electrons. The standard InChI is InChI=1S/C21H29N5O3.HI/c1-14-6-8-15(9-7-14)17-10-23-18(28-17)11-24-19(22-5)25-16-12-26(13-16)20(27)29-21(2,3)4;/h6-10,16H,11-13H2,1-5H3,(H2,22,24,25);1H. The Bertz CT molecular complexity index is 868. The van der Waals surface area contributed by atoms with Crippen LogP contribution in [0.1, 0.15) is 32.2 Å². The normalized spacial score (nSPS) is 14.6. The van der Waals surface area contributed by atoms with Crippen molar-refractivity contribution in [3.05, 3.63) is 41.9 Å². The predicted molar refractivity (Wildman–Crippen MR) is 127 cm³/mol. The summed E-state index contributed by atoms with van der Waals surface area (Å²) in [6.45, 7) is 9.19. The zero-order valence-electron chi connectivity index (χ0n) is 18.1. The van der Waals surface area contributed by atoms with Gasteiger partial charge in [0.25, 0.3) is 0 Å². The molecule has 3 rings (SSSR count). The predicted octanol–water partition coefficient (Wildman–Crippen LogP) is 3.55. The fraction of sp³-hybridized carbons (Fsp3) is 0.476. The van der Waals surface area contributed by atoms with Crippen molar-refractivity contribution in [3.63, 3.8) is 0 Å². The fourth-order valence-electron chi connectivity index (χ4n) is 2.84. The quantitative estimate of drug-likeness (QED) is 0.359. The van der Waals surface area contributed by atoms with Crippen LogP contribution in [-0.2, 0) is 11.3 Å². The van der Waals surface area contributed by atoms with Gasteiger partial charge in [-0.15, -0.1) is 24.0 Å². The van der Waals surface area contributed by atoms with Gasteiger partial charge in [-0.05, 0) is 27.7 Å². The number of likely N-dealkylation sites (tertiary alicyclic amines) is 1. The molecule has 1 aromatic carbocycles. The average Bonchev–Trinajstić information content (AvgIpc) is 3.08. The van der Waals surface area contributed by atoms with Gasteiger partial charge in [0, 0.05) is 25.7 Å². The topological polar surface area (TPSA) is 92.0 Å². The van der Waals surface area contributed by atoms with E-state index in [2.05, 4.69) is 20.6 Å². The number of aromatic nitrogens is 1. The molecule has 1 saturated heterocycles. The highest BCUT2D eigenvalue weighted by molar-refractivity contribution is 14.0. The summed E-state index contributed by atoms with van der Waals surface area (Å²) in [6.07, 6.45) is 1.43. The van der Waals surface area contributed by atoms with E-state index in [1.807, 2.05) is 52.0 Å². The lowest BCUT2D eigenvalue weighted by Gasteiger charge is -2.40. The minimum Gasteiger partial charge on any atom is -0.444 e. The number of carbonyl (C=O) groups is 1. The number of hydrogen-bond acceptors (Lipinski definition) is 5. The van der Waals surface area contributed by atoms with E-state index in [4.69, 9.17) is 9.15 Å². The number of rotatable bonds is 4. The summed E-state index contributed by atoms with van der Waals surface area (Å²) in [5.41, 5.74) is 1.71. The summed E-state index contributed by atoms with van der Waals surface area (Å²) in [5, 5.41) is 6.47. The first kappa shape index (κ1) is 24.0. The number of oxazole rings is 1. The summed E-state index contributed by atoms with van der Waals surface area (Å²) in [6, 6.07) is 8.24. The van der Waals surface area contributed by atoms with Crippen LogP contribution in [0.3, 0.4) is 0 Å². The number of guanidine groups is 1. The molecule has 0 radical (unpaired) electrons. The average molecular weight is 527 g/mol. The van der Waals surface area contributed by atoms with Gasteiger partial charge in [0.15, 0.2) is 11.7 Å². The van der Waals surface area contributed by atoms with Crippen molar-refractivity contribution in [2.75, 3.05) is 20.1 Å². The van der Waals surface area contributed by atoms with Gasteiger partial charge in [-0.3, -0.25) is 4.99 Å². The van der Waals surface area contributed by atoms with E-state index in [1.54, 1.807) is 18.1 Å². The molecule has 0 saturated carbocycles. The molecule has 1 aromatic heterocycles. The zero-order chi connectivity index (χ0) is 21.0. The van der Waals surface area contributed by atoms with Crippen molar-refractivity contribution in [2.45, 2.75) is 45.9 Å². The van der Waals surface area contributed by atoms with Gasteiger partial charge < -0.3 is 24.7 Å². The molecule has 0 unspecified atom stereocenters. The maximum absolute atomic E-state index is 12.0. The van der Waals surface area contributed by atoms with Crippen LogP contribution >= 0.6 is 24.0 Å². The monoisotopic (exact) mass is 527 g/mol. The second-order valence-electron chi connectivity index (χ2n) is 8.14. The second kappa shape index (κ2) is 10.1. The van der Waals surface area contributed by atoms with E-state index in [1.165, 1.54) is 5.56 Å². The van der Waals surface area contributed by atoms with Gasteiger partial charge in [-0.1, -0.05) is 29.8 Å². The van der Waals surface area contributed by atoms with Crippen LogP contribution in [0.2, 0.25) is 0 Å². The number of carbonyl (C=O) groups excluding carboxylic acids is 1. The van der Waals surface area contributed by atoms with Crippen molar-refractivity contribution >= 4 is 36.0 Å². The van der Waals surface area contributed by atoms with Gasteiger partial charge >= 0.3 is 6.09 Å². The van der Waals surface area contributed by atoms with Crippen molar-refractivity contribution in [1.29, 1.82) is 0 Å². The number of amides is 1. The summed E-state index contributed by atoms with van der Waals surface area (Å²) >= 11 is 0. The van der Waals surface area contributed by atoms with Crippen molar-refractivity contribution in [1.82, 2.24) is 20.5 Å². The summed E-state index contributed by atoms with van der Waals surface area (Å²) in [5.74, 6) is 1.94. The number of benzene rings is 1. The smallest absolute Gasteiger partial charge is 0.410 e. The molecule has 2 aromatic rings. The highest BCUT2D eigenvalue weighted by atomic mass is 127. The van der Waals surface area contributed by atoms with E-state index in [0.717, 1.165) is 11.3 Å². The molecular weight excluding hydrogens is 497 g/mol. The molecule has 2 heterocycles. The highest BCUT2D eigenvalue weighted by Crippen LogP contribution is 2.20. The Balaban J connectivity index is 0.00000320. The third kappa shape index (κ3) is 6.61. The van der Waals surface area contributed by atoms with Gasteiger partial charge in [0.2, 0.25) is 5.89 Å². The highest BCUT2D eigenvalue weighted by Gasteiger charge is 2.34. The SMILES string of the molecule is CN=C(NCc1ncc(-c2ccc(C)cc2)o1)NC1CN(C(=O)OC(C)(C)C)C1.I. The summed E-state index contributed by atoms with van der Waals surface area (Å²) in [4.78, 5) is 22.2. The van der Waals surface area contributed by atoms with E-state index < -0.39 is 5.60 Å². The first-order valence-corrected chi connectivity index (χ1v) is 9.70. The largest absolute Gasteiger partial charge is 0.444 e. The van der Waals surface area contributed by atoms with Gasteiger partial charge in [0.05, 0.1) is 18.8 Å². The van der Waals surface area contributed by atoms with E-state index in [-0.39, 0.29) is 36.1 Å². The fourth-order valence-corrected chi connectivity index (χ4v) is 2.84. The van der Waals surface area contributed by atoms with Crippen molar-refractivity contribution in [3.8, 4) is 11.3 Å². The minimum absolute atomic E-state index is 0. The summed E-state index contributed by atoms with van der Waals surface area (Å²) in [7, 11) is 1.70. The maximum Gasteiger partial charge on any atom is 0.410 e. The first-order chi connectivity index (χ1) is 13.7. The van der Waals surface area contributed by atoms with Crippen LogP contribution in [0.5, 0.6) is 0 Å². The lowest BCUT2D eigenvalue weighted by molar-refractivity contribution is 0.00701. The molecule has 1 aliphatic rings. The molecule has 1 aliphatic heterocycles. The molecule has 0 atom stereocenters. The Morgan fingerprint density at radius 2 is 1.97 bits per heavy atom. The number of aliphatic imine (C=N–C) groups is 1. The van der Waals surface area contributed by atoms with Crippen LogP contribution in [-0.4, -0.2) is 53.7 Å². The van der Waals surface area contributed by atoms with Crippen LogP contribution in [0.4, 0.5) is 4.79 Å². The Labute approximate surface area is 194 Å². The van der Waals surface area contributed by atoms with Crippen LogP contribution in [0, 0.1) is 6.92 Å². The number of hydrogen-bond donors (Lipinski definition) is 2. The Kier molecular flexibility index (Phi) is 8.10. The molecule has 2 N–H and O–H groups in total. The Morgan fingerprint density at radius 1 is 1.30 bits per heavy atom. The molecule has 1 fully saturated rings.